The highest BCUT2D eigenvalue weighted by molar-refractivity contribution is 5.53. The predicted molar refractivity (Wildman–Crippen MR) is 95.5 cm³/mol. The molecule has 0 aliphatic carbocycles. The van der Waals surface area contributed by atoms with Crippen molar-refractivity contribution in [2.75, 3.05) is 6.67 Å². The van der Waals surface area contributed by atoms with Crippen molar-refractivity contribution in [2.24, 2.45) is 4.99 Å². The summed E-state index contributed by atoms with van der Waals surface area (Å²) >= 11 is 0. The van der Waals surface area contributed by atoms with Gasteiger partial charge in [0.25, 0.3) is 5.89 Å². The summed E-state index contributed by atoms with van der Waals surface area (Å²) in [6.45, 7) is 1.16. The molecule has 0 fully saturated rings. The Balaban J connectivity index is 1.33. The molecule has 150 valence electrons. The fourth-order valence-corrected chi connectivity index (χ4v) is 2.62. The maximum Gasteiger partial charge on any atom is 0.416 e. The van der Waals surface area contributed by atoms with Gasteiger partial charge in [0, 0.05) is 5.56 Å². The Morgan fingerprint density at radius 3 is 2.45 bits per heavy atom. The van der Waals surface area contributed by atoms with Crippen LogP contribution in [0.3, 0.4) is 0 Å². The number of nitrogens with zero attached hydrogens (tertiary/aromatic N) is 4. The summed E-state index contributed by atoms with van der Waals surface area (Å²) in [5, 5.41) is 5.50. The van der Waals surface area contributed by atoms with Crippen LogP contribution < -0.4 is 4.74 Å². The number of hydrogen-bond acceptors (Lipinski definition) is 7. The Morgan fingerprint density at radius 1 is 1.03 bits per heavy atom. The van der Waals surface area contributed by atoms with E-state index < -0.39 is 11.7 Å². The highest BCUT2D eigenvalue weighted by Crippen LogP contribution is 2.30. The minimum absolute atomic E-state index is 0.0621. The Bertz CT molecular complexity index is 977. The van der Waals surface area contributed by atoms with Crippen molar-refractivity contribution in [3.05, 3.63) is 65.5 Å². The van der Waals surface area contributed by atoms with E-state index in [-0.39, 0.29) is 18.3 Å². The van der Waals surface area contributed by atoms with E-state index >= 15 is 0 Å². The second kappa shape index (κ2) is 7.92. The summed E-state index contributed by atoms with van der Waals surface area (Å²) < 4.78 is 48.6. The fraction of sp³-hybridized carbons (Fsp3) is 0.211. The molecule has 29 heavy (non-hydrogen) atoms. The molecule has 0 spiro atoms. The molecule has 7 nitrogen and oxygen atoms in total. The van der Waals surface area contributed by atoms with Gasteiger partial charge in [0.05, 0.1) is 12.1 Å². The van der Waals surface area contributed by atoms with E-state index in [2.05, 4.69) is 15.1 Å². The lowest BCUT2D eigenvalue weighted by molar-refractivity contribution is -0.137. The number of alkyl halides is 3. The highest BCUT2D eigenvalue weighted by atomic mass is 19.4. The maximum absolute atomic E-state index is 12.6. The van der Waals surface area contributed by atoms with E-state index in [1.165, 1.54) is 18.5 Å². The Hall–Kier alpha value is -3.40. The predicted octanol–water partition coefficient (Wildman–Crippen LogP) is 4.07. The van der Waals surface area contributed by atoms with Crippen molar-refractivity contribution in [3.63, 3.8) is 0 Å². The zero-order valence-corrected chi connectivity index (χ0v) is 15.0. The first-order chi connectivity index (χ1) is 14.0. The van der Waals surface area contributed by atoms with Crippen molar-refractivity contribution >= 4 is 6.40 Å². The molecule has 10 heteroatoms. The molecule has 2 aromatic carbocycles. The molecule has 3 aromatic rings. The average molecular weight is 404 g/mol. The van der Waals surface area contributed by atoms with Crippen LogP contribution in [0.1, 0.15) is 17.0 Å². The molecule has 0 N–H and O–H groups in total. The van der Waals surface area contributed by atoms with Crippen LogP contribution in [0, 0.1) is 0 Å². The van der Waals surface area contributed by atoms with Gasteiger partial charge in [-0.25, -0.2) is 4.99 Å². The van der Waals surface area contributed by atoms with Gasteiger partial charge in [-0.1, -0.05) is 17.3 Å². The quantitative estimate of drug-likeness (QED) is 0.617. The zero-order valence-electron chi connectivity index (χ0n) is 15.0. The molecule has 0 atom stereocenters. The molecular weight excluding hydrogens is 389 g/mol. The Kier molecular flexibility index (Phi) is 5.17. The van der Waals surface area contributed by atoms with Crippen molar-refractivity contribution in [1.29, 1.82) is 0 Å². The lowest BCUT2D eigenvalue weighted by Gasteiger charge is -2.12. The van der Waals surface area contributed by atoms with Crippen molar-refractivity contribution in [2.45, 2.75) is 19.3 Å². The van der Waals surface area contributed by atoms with E-state index in [1.807, 2.05) is 24.3 Å². The third-order valence-corrected chi connectivity index (χ3v) is 4.09. The van der Waals surface area contributed by atoms with E-state index in [0.717, 1.165) is 17.7 Å². The van der Waals surface area contributed by atoms with Gasteiger partial charge in [-0.05, 0) is 42.0 Å². The van der Waals surface area contributed by atoms with Crippen LogP contribution >= 0.6 is 0 Å². The first-order valence-electron chi connectivity index (χ1n) is 8.59. The van der Waals surface area contributed by atoms with Crippen molar-refractivity contribution in [3.8, 4) is 17.2 Å². The molecule has 0 saturated heterocycles. The second-order valence-corrected chi connectivity index (χ2v) is 6.20. The molecule has 0 amide bonds. The minimum Gasteiger partial charge on any atom is -0.485 e. The van der Waals surface area contributed by atoms with E-state index in [0.29, 0.717) is 24.5 Å². The number of hydroxylamine groups is 2. The minimum atomic E-state index is -4.39. The average Bonchev–Trinajstić information content (AvgIpc) is 3.39. The SMILES string of the molecule is FC(F)(F)c1ccc(-c2nc(COc3ccc(CN4CN=CO4)cc3)no2)cc1. The highest BCUT2D eigenvalue weighted by Gasteiger charge is 2.30. The third kappa shape index (κ3) is 4.72. The number of benzene rings is 2. The molecule has 2 heterocycles. The lowest BCUT2D eigenvalue weighted by Crippen LogP contribution is -2.17. The molecule has 1 aliphatic heterocycles. The number of ether oxygens (including phenoxy) is 1. The van der Waals surface area contributed by atoms with E-state index in [4.69, 9.17) is 14.1 Å². The first kappa shape index (κ1) is 18.9. The summed E-state index contributed by atoms with van der Waals surface area (Å²) in [4.78, 5) is 13.3. The molecule has 0 radical (unpaired) electrons. The second-order valence-electron chi connectivity index (χ2n) is 6.20. The fourth-order valence-electron chi connectivity index (χ4n) is 2.62. The molecule has 0 saturated carbocycles. The maximum atomic E-state index is 12.6. The smallest absolute Gasteiger partial charge is 0.416 e. The van der Waals surface area contributed by atoms with Gasteiger partial charge in [-0.2, -0.15) is 18.2 Å². The van der Waals surface area contributed by atoms with Crippen molar-refractivity contribution in [1.82, 2.24) is 15.2 Å². The number of aromatic nitrogens is 2. The van der Waals surface area contributed by atoms with Crippen LogP contribution in [0.5, 0.6) is 5.75 Å². The molecule has 0 unspecified atom stereocenters. The normalized spacial score (nSPS) is 14.2. The van der Waals surface area contributed by atoms with Gasteiger partial charge in [0.2, 0.25) is 5.82 Å². The molecule has 4 rings (SSSR count). The van der Waals surface area contributed by atoms with Crippen LogP contribution in [0.25, 0.3) is 11.5 Å². The number of rotatable bonds is 6. The molecular formula is C19H15F3N4O3. The molecule has 1 aromatic heterocycles. The molecule has 1 aliphatic rings. The lowest BCUT2D eigenvalue weighted by atomic mass is 10.1. The van der Waals surface area contributed by atoms with Gasteiger partial charge in [0.15, 0.2) is 13.0 Å². The monoisotopic (exact) mass is 404 g/mol. The zero-order chi connectivity index (χ0) is 20.3. The van der Waals surface area contributed by atoms with Crippen LogP contribution in [0.2, 0.25) is 0 Å². The van der Waals surface area contributed by atoms with Gasteiger partial charge in [-0.15, -0.1) is 5.06 Å². The third-order valence-electron chi connectivity index (χ3n) is 4.09. The largest absolute Gasteiger partial charge is 0.485 e. The van der Waals surface area contributed by atoms with Crippen LogP contribution in [0.4, 0.5) is 13.2 Å². The van der Waals surface area contributed by atoms with Gasteiger partial charge >= 0.3 is 6.18 Å². The van der Waals surface area contributed by atoms with E-state index in [1.54, 1.807) is 5.06 Å². The van der Waals surface area contributed by atoms with Crippen molar-refractivity contribution < 1.29 is 27.3 Å². The van der Waals surface area contributed by atoms with Gasteiger partial charge in [0.1, 0.15) is 12.4 Å². The van der Waals surface area contributed by atoms with Gasteiger partial charge in [-0.3, -0.25) is 0 Å². The van der Waals surface area contributed by atoms with Crippen LogP contribution in [0.15, 0.2) is 58.0 Å². The first-order valence-corrected chi connectivity index (χ1v) is 8.59. The number of halogens is 3. The number of aliphatic imine (C=N–C) groups is 1. The summed E-state index contributed by atoms with van der Waals surface area (Å²) in [6.07, 6.45) is -2.99. The number of hydrogen-bond donors (Lipinski definition) is 0. The van der Waals surface area contributed by atoms with Crippen LogP contribution in [-0.2, 0) is 24.2 Å². The van der Waals surface area contributed by atoms with Crippen LogP contribution in [-0.4, -0.2) is 28.3 Å². The van der Waals surface area contributed by atoms with Gasteiger partial charge < -0.3 is 14.1 Å². The molecule has 0 bridgehead atoms. The summed E-state index contributed by atoms with van der Waals surface area (Å²) in [5.74, 6) is 1.03. The summed E-state index contributed by atoms with van der Waals surface area (Å²) in [6, 6.07) is 11.9. The topological polar surface area (TPSA) is 73.0 Å². The standard InChI is InChI=1S/C19H15F3N4O3/c20-19(21,22)15-5-3-14(4-6-15)18-24-17(25-29-18)10-27-16-7-1-13(2-8-16)9-26-11-23-12-28-26/h1-8,12H,9-11H2. The Labute approximate surface area is 163 Å². The summed E-state index contributed by atoms with van der Waals surface area (Å²) in [7, 11) is 0. The Morgan fingerprint density at radius 2 is 1.79 bits per heavy atom. The summed E-state index contributed by atoms with van der Waals surface area (Å²) in [5.41, 5.74) is 0.692. The van der Waals surface area contributed by atoms with E-state index in [9.17, 15) is 13.2 Å².